The molecule has 0 saturated carbocycles. The topological polar surface area (TPSA) is 20.3 Å². The minimum atomic E-state index is 0.185. The van der Waals surface area contributed by atoms with Gasteiger partial charge in [-0.3, -0.25) is 4.79 Å². The standard InChI is InChI=1S/C11H12INO/c1-8-4-2-5-9(10(8)12)11(14)13-6-3-7-13/h2,4-5H,3,6-7H2,1H3. The van der Waals surface area contributed by atoms with Crippen LogP contribution in [0.25, 0.3) is 0 Å². The monoisotopic (exact) mass is 301 g/mol. The Morgan fingerprint density at radius 1 is 1.43 bits per heavy atom. The second-order valence-electron chi connectivity index (χ2n) is 3.58. The number of nitrogens with zero attached hydrogens (tertiary/aromatic N) is 1. The van der Waals surface area contributed by atoms with E-state index in [1.807, 2.05) is 30.0 Å². The van der Waals surface area contributed by atoms with E-state index in [0.717, 1.165) is 28.6 Å². The van der Waals surface area contributed by atoms with Crippen LogP contribution >= 0.6 is 22.6 Å². The van der Waals surface area contributed by atoms with Crippen LogP contribution in [-0.2, 0) is 0 Å². The maximum atomic E-state index is 11.9. The van der Waals surface area contributed by atoms with Gasteiger partial charge >= 0.3 is 0 Å². The number of hydrogen-bond donors (Lipinski definition) is 0. The van der Waals surface area contributed by atoms with Crippen molar-refractivity contribution in [1.29, 1.82) is 0 Å². The van der Waals surface area contributed by atoms with Crippen LogP contribution in [-0.4, -0.2) is 23.9 Å². The van der Waals surface area contributed by atoms with Crippen LogP contribution in [0, 0.1) is 10.5 Å². The fourth-order valence-electron chi connectivity index (χ4n) is 1.50. The summed E-state index contributed by atoms with van der Waals surface area (Å²) < 4.78 is 1.09. The van der Waals surface area contributed by atoms with Crippen molar-refractivity contribution >= 4 is 28.5 Å². The van der Waals surface area contributed by atoms with E-state index in [0.29, 0.717) is 0 Å². The third-order valence-corrected chi connectivity index (χ3v) is 4.00. The number of hydrogen-bond acceptors (Lipinski definition) is 1. The number of rotatable bonds is 1. The van der Waals surface area contributed by atoms with E-state index < -0.39 is 0 Å². The van der Waals surface area contributed by atoms with Gasteiger partial charge in [-0.05, 0) is 47.6 Å². The number of aryl methyl sites for hydroxylation is 1. The van der Waals surface area contributed by atoms with E-state index >= 15 is 0 Å². The first-order chi connectivity index (χ1) is 6.70. The number of benzene rings is 1. The van der Waals surface area contributed by atoms with Crippen LogP contribution in [0.2, 0.25) is 0 Å². The molecule has 74 valence electrons. The van der Waals surface area contributed by atoms with Gasteiger partial charge < -0.3 is 4.90 Å². The molecule has 0 aliphatic carbocycles. The largest absolute Gasteiger partial charge is 0.338 e. The average molecular weight is 301 g/mol. The molecule has 0 aromatic heterocycles. The molecule has 1 saturated heterocycles. The summed E-state index contributed by atoms with van der Waals surface area (Å²) in [6, 6.07) is 5.90. The Balaban J connectivity index is 2.31. The summed E-state index contributed by atoms with van der Waals surface area (Å²) >= 11 is 2.25. The summed E-state index contributed by atoms with van der Waals surface area (Å²) in [6.45, 7) is 3.88. The van der Waals surface area contributed by atoms with Gasteiger partial charge in [0.15, 0.2) is 0 Å². The summed E-state index contributed by atoms with van der Waals surface area (Å²) in [5.41, 5.74) is 2.03. The molecule has 2 nitrogen and oxygen atoms in total. The van der Waals surface area contributed by atoms with Gasteiger partial charge in [0.1, 0.15) is 0 Å². The summed E-state index contributed by atoms with van der Waals surface area (Å²) in [4.78, 5) is 13.8. The molecule has 1 aliphatic rings. The summed E-state index contributed by atoms with van der Waals surface area (Å²) in [5, 5.41) is 0. The van der Waals surface area contributed by atoms with E-state index in [4.69, 9.17) is 0 Å². The molecule has 0 atom stereocenters. The molecule has 0 radical (unpaired) electrons. The molecular weight excluding hydrogens is 289 g/mol. The zero-order chi connectivity index (χ0) is 10.1. The SMILES string of the molecule is Cc1cccc(C(=O)N2CCC2)c1I. The lowest BCUT2D eigenvalue weighted by Gasteiger charge is -2.31. The normalized spacial score (nSPS) is 15.1. The van der Waals surface area contributed by atoms with Crippen molar-refractivity contribution in [2.24, 2.45) is 0 Å². The second-order valence-corrected chi connectivity index (χ2v) is 4.66. The lowest BCUT2D eigenvalue weighted by molar-refractivity contribution is 0.0650. The second kappa shape index (κ2) is 3.88. The zero-order valence-electron chi connectivity index (χ0n) is 8.09. The van der Waals surface area contributed by atoms with Gasteiger partial charge in [-0.25, -0.2) is 0 Å². The van der Waals surface area contributed by atoms with E-state index in [-0.39, 0.29) is 5.91 Å². The number of halogens is 1. The summed E-state index contributed by atoms with van der Waals surface area (Å²) in [6.07, 6.45) is 1.15. The highest BCUT2D eigenvalue weighted by molar-refractivity contribution is 14.1. The highest BCUT2D eigenvalue weighted by Gasteiger charge is 2.23. The molecule has 1 aromatic rings. The van der Waals surface area contributed by atoms with Crippen LogP contribution in [0.1, 0.15) is 22.3 Å². The van der Waals surface area contributed by atoms with Gasteiger partial charge in [0.05, 0.1) is 5.56 Å². The predicted molar refractivity (Wildman–Crippen MR) is 64.4 cm³/mol. The van der Waals surface area contributed by atoms with Crippen LogP contribution in [0.3, 0.4) is 0 Å². The first kappa shape index (κ1) is 9.96. The molecule has 14 heavy (non-hydrogen) atoms. The Kier molecular flexibility index (Phi) is 2.76. The van der Waals surface area contributed by atoms with Gasteiger partial charge in [0.25, 0.3) is 5.91 Å². The Morgan fingerprint density at radius 2 is 2.14 bits per heavy atom. The molecule has 0 N–H and O–H groups in total. The van der Waals surface area contributed by atoms with E-state index in [1.54, 1.807) is 0 Å². The van der Waals surface area contributed by atoms with Gasteiger partial charge in [-0.15, -0.1) is 0 Å². The van der Waals surface area contributed by atoms with Crippen molar-refractivity contribution in [3.63, 3.8) is 0 Å². The van der Waals surface area contributed by atoms with Crippen molar-refractivity contribution in [2.75, 3.05) is 13.1 Å². The van der Waals surface area contributed by atoms with Crippen molar-refractivity contribution < 1.29 is 4.79 Å². The number of amides is 1. The molecule has 1 amide bonds. The van der Waals surface area contributed by atoms with Gasteiger partial charge in [-0.2, -0.15) is 0 Å². The van der Waals surface area contributed by atoms with E-state index in [9.17, 15) is 4.79 Å². The molecule has 1 fully saturated rings. The highest BCUT2D eigenvalue weighted by Crippen LogP contribution is 2.20. The quantitative estimate of drug-likeness (QED) is 0.730. The number of carbonyl (C=O) groups is 1. The molecule has 1 heterocycles. The Labute approximate surface area is 97.4 Å². The van der Waals surface area contributed by atoms with Crippen LogP contribution in [0.15, 0.2) is 18.2 Å². The van der Waals surface area contributed by atoms with Crippen molar-refractivity contribution in [1.82, 2.24) is 4.90 Å². The zero-order valence-corrected chi connectivity index (χ0v) is 10.2. The Bertz CT molecular complexity index is 372. The van der Waals surface area contributed by atoms with Gasteiger partial charge in [-0.1, -0.05) is 12.1 Å². The predicted octanol–water partition coefficient (Wildman–Crippen LogP) is 2.45. The first-order valence-corrected chi connectivity index (χ1v) is 5.82. The highest BCUT2D eigenvalue weighted by atomic mass is 127. The Hall–Kier alpha value is -0.580. The number of carbonyl (C=O) groups excluding carboxylic acids is 1. The molecule has 2 rings (SSSR count). The summed E-state index contributed by atoms with van der Waals surface area (Å²) in [5.74, 6) is 0.185. The van der Waals surface area contributed by atoms with E-state index in [2.05, 4.69) is 22.6 Å². The van der Waals surface area contributed by atoms with Gasteiger partial charge in [0.2, 0.25) is 0 Å². The maximum Gasteiger partial charge on any atom is 0.254 e. The van der Waals surface area contributed by atoms with Crippen LogP contribution in [0.4, 0.5) is 0 Å². The molecule has 1 aromatic carbocycles. The van der Waals surface area contributed by atoms with Crippen LogP contribution < -0.4 is 0 Å². The maximum absolute atomic E-state index is 11.9. The first-order valence-electron chi connectivity index (χ1n) is 4.74. The van der Waals surface area contributed by atoms with E-state index in [1.165, 1.54) is 5.56 Å². The van der Waals surface area contributed by atoms with Crippen LogP contribution in [0.5, 0.6) is 0 Å². The van der Waals surface area contributed by atoms with Crippen molar-refractivity contribution in [2.45, 2.75) is 13.3 Å². The third kappa shape index (κ3) is 1.65. The lowest BCUT2D eigenvalue weighted by atomic mass is 10.1. The fourth-order valence-corrected chi connectivity index (χ4v) is 2.09. The smallest absolute Gasteiger partial charge is 0.254 e. The van der Waals surface area contributed by atoms with Crippen molar-refractivity contribution in [3.8, 4) is 0 Å². The third-order valence-electron chi connectivity index (χ3n) is 2.57. The molecule has 0 spiro atoms. The molecule has 0 unspecified atom stereocenters. The Morgan fingerprint density at radius 3 is 2.71 bits per heavy atom. The summed E-state index contributed by atoms with van der Waals surface area (Å²) in [7, 11) is 0. The van der Waals surface area contributed by atoms with Crippen molar-refractivity contribution in [3.05, 3.63) is 32.9 Å². The molecule has 0 bridgehead atoms. The minimum absolute atomic E-state index is 0.185. The van der Waals surface area contributed by atoms with Gasteiger partial charge in [0, 0.05) is 16.7 Å². The average Bonchev–Trinajstić information content (AvgIpc) is 2.06. The molecule has 1 aliphatic heterocycles. The fraction of sp³-hybridized carbons (Fsp3) is 0.364. The minimum Gasteiger partial charge on any atom is -0.338 e. The molecular formula is C11H12INO. The lowest BCUT2D eigenvalue weighted by Crippen LogP contribution is -2.42. The number of likely N-dealkylation sites (tertiary alicyclic amines) is 1. The molecule has 3 heteroatoms.